The average Bonchev–Trinajstić information content (AvgIpc) is 2.45. The molecule has 1 aliphatic heterocycles. The van der Waals surface area contributed by atoms with E-state index >= 15 is 0 Å². The minimum atomic E-state index is -1.12. The summed E-state index contributed by atoms with van der Waals surface area (Å²) in [6.45, 7) is 7.19. The molecule has 23 heavy (non-hydrogen) atoms. The van der Waals surface area contributed by atoms with Gasteiger partial charge in [-0.3, -0.25) is 4.79 Å². The van der Waals surface area contributed by atoms with E-state index in [9.17, 15) is 15.1 Å². The minimum Gasteiger partial charge on any atom is -0.462 e. The fourth-order valence-corrected chi connectivity index (χ4v) is 2.15. The SMILES string of the molecule is CCO[C@@H]1[C@@H](OC)O[C@H](COC(=O)C(C)(C)C)[C@@H](O)[C@@H]1NO.N. The second-order valence-electron chi connectivity index (χ2n) is 6.19. The van der Waals surface area contributed by atoms with Crippen LogP contribution in [0.5, 0.6) is 0 Å². The number of hydrogen-bond acceptors (Lipinski definition) is 9. The Bertz CT molecular complexity index is 362. The molecule has 0 aliphatic carbocycles. The highest BCUT2D eigenvalue weighted by Gasteiger charge is 2.46. The summed E-state index contributed by atoms with van der Waals surface area (Å²) in [6, 6.07) is -0.822. The fraction of sp³-hybridized carbons (Fsp3) is 0.929. The molecular weight excluding hydrogens is 308 g/mol. The van der Waals surface area contributed by atoms with E-state index in [2.05, 4.69) is 0 Å². The molecule has 0 saturated carbocycles. The Morgan fingerprint density at radius 1 is 1.35 bits per heavy atom. The molecule has 9 nitrogen and oxygen atoms in total. The Labute approximate surface area is 136 Å². The van der Waals surface area contributed by atoms with Crippen LogP contribution in [0.3, 0.4) is 0 Å². The van der Waals surface area contributed by atoms with Gasteiger partial charge in [0.25, 0.3) is 0 Å². The zero-order valence-corrected chi connectivity index (χ0v) is 14.4. The van der Waals surface area contributed by atoms with E-state index in [1.165, 1.54) is 7.11 Å². The van der Waals surface area contributed by atoms with Gasteiger partial charge in [0.05, 0.1) is 11.5 Å². The highest BCUT2D eigenvalue weighted by atomic mass is 16.7. The summed E-state index contributed by atoms with van der Waals surface area (Å²) in [7, 11) is 1.43. The molecule has 1 heterocycles. The van der Waals surface area contributed by atoms with Crippen molar-refractivity contribution in [2.75, 3.05) is 20.3 Å². The largest absolute Gasteiger partial charge is 0.462 e. The van der Waals surface area contributed by atoms with Gasteiger partial charge in [0.15, 0.2) is 6.29 Å². The van der Waals surface area contributed by atoms with Crippen LogP contribution in [0.25, 0.3) is 0 Å². The van der Waals surface area contributed by atoms with Gasteiger partial charge in [0.2, 0.25) is 0 Å². The predicted molar refractivity (Wildman–Crippen MR) is 81.2 cm³/mol. The molecule has 0 aromatic rings. The van der Waals surface area contributed by atoms with Gasteiger partial charge in [-0.05, 0) is 27.7 Å². The first-order valence-electron chi connectivity index (χ1n) is 7.31. The van der Waals surface area contributed by atoms with Crippen LogP contribution < -0.4 is 11.6 Å². The summed E-state index contributed by atoms with van der Waals surface area (Å²) in [5.41, 5.74) is 1.38. The molecule has 1 aliphatic rings. The van der Waals surface area contributed by atoms with Crippen LogP contribution in [0.2, 0.25) is 0 Å². The molecule has 1 rings (SSSR count). The highest BCUT2D eigenvalue weighted by molar-refractivity contribution is 5.75. The number of hydroxylamine groups is 1. The molecule has 0 aromatic carbocycles. The van der Waals surface area contributed by atoms with Crippen LogP contribution in [-0.4, -0.2) is 67.3 Å². The third-order valence-corrected chi connectivity index (χ3v) is 3.41. The zero-order chi connectivity index (χ0) is 16.9. The molecule has 6 N–H and O–H groups in total. The predicted octanol–water partition coefficient (Wildman–Crippen LogP) is 0.222. The lowest BCUT2D eigenvalue weighted by Crippen LogP contribution is -2.64. The average molecular weight is 338 g/mol. The van der Waals surface area contributed by atoms with Crippen LogP contribution >= 0.6 is 0 Å². The summed E-state index contributed by atoms with van der Waals surface area (Å²) in [5.74, 6) is -0.405. The number of ether oxygens (including phenoxy) is 4. The maximum Gasteiger partial charge on any atom is 0.311 e. The van der Waals surface area contributed by atoms with E-state index in [0.717, 1.165) is 0 Å². The maximum atomic E-state index is 11.8. The third-order valence-electron chi connectivity index (χ3n) is 3.41. The zero-order valence-electron chi connectivity index (χ0n) is 14.4. The summed E-state index contributed by atoms with van der Waals surface area (Å²) in [4.78, 5) is 11.8. The number of esters is 1. The van der Waals surface area contributed by atoms with Crippen molar-refractivity contribution in [3.05, 3.63) is 0 Å². The van der Waals surface area contributed by atoms with Crippen molar-refractivity contribution in [1.82, 2.24) is 11.6 Å². The van der Waals surface area contributed by atoms with Gasteiger partial charge in [-0.25, -0.2) is 0 Å². The van der Waals surface area contributed by atoms with Crippen molar-refractivity contribution in [1.29, 1.82) is 0 Å². The normalized spacial score (nSPS) is 31.3. The Morgan fingerprint density at radius 2 is 1.96 bits per heavy atom. The van der Waals surface area contributed by atoms with E-state index < -0.39 is 42.0 Å². The summed E-state index contributed by atoms with van der Waals surface area (Å²) < 4.78 is 21.4. The molecule has 5 atom stereocenters. The first-order valence-corrected chi connectivity index (χ1v) is 7.31. The fourth-order valence-electron chi connectivity index (χ4n) is 2.15. The van der Waals surface area contributed by atoms with Crippen molar-refractivity contribution in [2.24, 2.45) is 5.41 Å². The van der Waals surface area contributed by atoms with Crippen molar-refractivity contribution < 1.29 is 34.1 Å². The molecule has 0 spiro atoms. The summed E-state index contributed by atoms with van der Waals surface area (Å²) in [5, 5.41) is 19.6. The maximum absolute atomic E-state index is 11.8. The van der Waals surface area contributed by atoms with E-state index in [-0.39, 0.29) is 12.8 Å². The van der Waals surface area contributed by atoms with Crippen molar-refractivity contribution in [3.63, 3.8) is 0 Å². The van der Waals surface area contributed by atoms with Crippen LogP contribution in [0.15, 0.2) is 0 Å². The van der Waals surface area contributed by atoms with Crippen LogP contribution in [0.4, 0.5) is 0 Å². The van der Waals surface area contributed by atoms with E-state index in [1.54, 1.807) is 27.7 Å². The number of hydrogen-bond donors (Lipinski definition) is 4. The van der Waals surface area contributed by atoms with E-state index in [4.69, 9.17) is 18.9 Å². The molecule has 0 unspecified atom stereocenters. The second-order valence-corrected chi connectivity index (χ2v) is 6.19. The lowest BCUT2D eigenvalue weighted by molar-refractivity contribution is -0.289. The smallest absolute Gasteiger partial charge is 0.311 e. The Kier molecular flexibility index (Phi) is 9.14. The molecule has 9 heteroatoms. The molecule has 1 saturated heterocycles. The highest BCUT2D eigenvalue weighted by Crippen LogP contribution is 2.25. The van der Waals surface area contributed by atoms with E-state index in [1.807, 2.05) is 5.48 Å². The molecule has 0 bridgehead atoms. The number of rotatable bonds is 6. The van der Waals surface area contributed by atoms with Crippen molar-refractivity contribution >= 4 is 5.97 Å². The van der Waals surface area contributed by atoms with Gasteiger partial charge >= 0.3 is 5.97 Å². The molecule has 138 valence electrons. The van der Waals surface area contributed by atoms with Crippen LogP contribution in [-0.2, 0) is 23.7 Å². The number of carbonyl (C=O) groups is 1. The van der Waals surface area contributed by atoms with Gasteiger partial charge in [-0.15, -0.1) is 0 Å². The summed E-state index contributed by atoms with van der Waals surface area (Å²) in [6.07, 6.45) is -3.45. The van der Waals surface area contributed by atoms with Crippen molar-refractivity contribution in [2.45, 2.75) is 58.3 Å². The quantitative estimate of drug-likeness (QED) is 0.395. The molecule has 1 fully saturated rings. The van der Waals surface area contributed by atoms with Crippen LogP contribution in [0, 0.1) is 5.41 Å². The topological polar surface area (TPSA) is 141 Å². The minimum absolute atomic E-state index is 0. The molecule has 0 amide bonds. The summed E-state index contributed by atoms with van der Waals surface area (Å²) >= 11 is 0. The van der Waals surface area contributed by atoms with E-state index in [0.29, 0.717) is 6.61 Å². The number of aliphatic hydroxyl groups excluding tert-OH is 1. The van der Waals surface area contributed by atoms with Gasteiger partial charge in [0.1, 0.15) is 24.9 Å². The Morgan fingerprint density at radius 3 is 2.39 bits per heavy atom. The first-order chi connectivity index (χ1) is 10.3. The van der Waals surface area contributed by atoms with Gasteiger partial charge in [0, 0.05) is 13.7 Å². The number of carbonyl (C=O) groups excluding carboxylic acids is 1. The first kappa shape index (κ1) is 22.2. The monoisotopic (exact) mass is 338 g/mol. The van der Waals surface area contributed by atoms with Crippen LogP contribution in [0.1, 0.15) is 27.7 Å². The Hall–Kier alpha value is -0.810. The Balaban J connectivity index is 0.00000484. The van der Waals surface area contributed by atoms with Gasteiger partial charge in [-0.2, -0.15) is 5.48 Å². The number of methoxy groups -OCH3 is 1. The lowest BCUT2D eigenvalue weighted by Gasteiger charge is -2.43. The van der Waals surface area contributed by atoms with Gasteiger partial charge < -0.3 is 35.4 Å². The van der Waals surface area contributed by atoms with Gasteiger partial charge in [-0.1, -0.05) is 0 Å². The number of nitrogens with one attached hydrogen (secondary N) is 1. The molecule has 0 aromatic heterocycles. The second kappa shape index (κ2) is 9.48. The third kappa shape index (κ3) is 5.64. The number of aliphatic hydroxyl groups is 1. The lowest BCUT2D eigenvalue weighted by atomic mass is 9.96. The van der Waals surface area contributed by atoms with Crippen molar-refractivity contribution in [3.8, 4) is 0 Å². The molecular formula is C14H30N2O7. The molecule has 0 radical (unpaired) electrons. The standard InChI is InChI=1S/C14H27NO7.H3N/c1-6-20-11-9(15-18)10(16)8(22-12(11)19-5)7-21-13(17)14(2,3)4;/h8-12,15-16,18H,6-7H2,1-5H3;1H3/t8-,9+,10-,11+,12+;/m1./s1.